The molecule has 0 radical (unpaired) electrons. The fraction of sp³-hybridized carbons (Fsp3) is 0.353. The second-order valence-electron chi connectivity index (χ2n) is 10.8. The van der Waals surface area contributed by atoms with Gasteiger partial charge in [-0.1, -0.05) is 80.6 Å². The number of pyridine rings is 1. The van der Waals surface area contributed by atoms with Crippen molar-refractivity contribution >= 4 is 32.9 Å². The van der Waals surface area contributed by atoms with Crippen molar-refractivity contribution in [2.75, 3.05) is 19.7 Å². The summed E-state index contributed by atoms with van der Waals surface area (Å²) in [6, 6.07) is 20.8. The van der Waals surface area contributed by atoms with E-state index in [1.807, 2.05) is 48.5 Å². The molecule has 0 saturated heterocycles. The summed E-state index contributed by atoms with van der Waals surface area (Å²) in [4.78, 5) is 25.7. The third kappa shape index (κ3) is 9.32. The summed E-state index contributed by atoms with van der Waals surface area (Å²) in [5.74, 6) is 0.679. The number of hydrogen-bond acceptors (Lipinski definition) is 6. The van der Waals surface area contributed by atoms with Crippen molar-refractivity contribution in [3.8, 4) is 11.5 Å². The highest BCUT2D eigenvalue weighted by atomic mass is 79.9. The number of phenols is 1. The predicted molar refractivity (Wildman–Crippen MR) is 175 cm³/mol. The van der Waals surface area contributed by atoms with Gasteiger partial charge in [-0.25, -0.2) is 4.79 Å². The van der Waals surface area contributed by atoms with E-state index in [-0.39, 0.29) is 11.3 Å². The Bertz CT molecular complexity index is 1560. The molecule has 3 aromatic carbocycles. The molecule has 0 spiro atoms. The van der Waals surface area contributed by atoms with Gasteiger partial charge in [0.05, 0.1) is 28.7 Å². The normalized spacial score (nSPS) is 12.6. The molecule has 9 nitrogen and oxygen atoms in total. The van der Waals surface area contributed by atoms with Crippen LogP contribution in [-0.4, -0.2) is 46.1 Å². The van der Waals surface area contributed by atoms with Crippen LogP contribution in [0, 0.1) is 0 Å². The number of phenolic OH excluding ortho intramolecular Hbond substituents is 1. The van der Waals surface area contributed by atoms with E-state index in [1.54, 1.807) is 12.1 Å². The lowest BCUT2D eigenvalue weighted by molar-refractivity contribution is 0.176. The Morgan fingerprint density at radius 1 is 0.864 bits per heavy atom. The van der Waals surface area contributed by atoms with Crippen LogP contribution >= 0.6 is 15.9 Å². The Hall–Kier alpha value is -3.86. The number of benzene rings is 3. The first-order valence-electron chi connectivity index (χ1n) is 15.0. The van der Waals surface area contributed by atoms with E-state index in [1.165, 1.54) is 12.1 Å². The maximum atomic E-state index is 11.6. The lowest BCUT2D eigenvalue weighted by atomic mass is 9.98. The average molecular weight is 667 g/mol. The summed E-state index contributed by atoms with van der Waals surface area (Å²) in [6.45, 7) is 1.78. The third-order valence-electron chi connectivity index (χ3n) is 7.56. The van der Waals surface area contributed by atoms with Crippen molar-refractivity contribution in [1.82, 2.24) is 15.6 Å². The van der Waals surface area contributed by atoms with Gasteiger partial charge in [-0.3, -0.25) is 4.79 Å². The molecular weight excluding hydrogens is 626 g/mol. The van der Waals surface area contributed by atoms with Crippen LogP contribution in [0.2, 0.25) is 0 Å². The van der Waals surface area contributed by atoms with Crippen LogP contribution in [0.4, 0.5) is 4.79 Å². The molecular formula is C34H40BrN3O6. The number of nitrogens with one attached hydrogen (secondary N) is 3. The minimum atomic E-state index is -1.09. The van der Waals surface area contributed by atoms with Gasteiger partial charge in [0.1, 0.15) is 11.5 Å². The molecule has 1 heterocycles. The first-order valence-corrected chi connectivity index (χ1v) is 15.8. The molecule has 4 rings (SSSR count). The molecule has 0 aliphatic heterocycles. The van der Waals surface area contributed by atoms with Crippen LogP contribution in [0.15, 0.2) is 82.1 Å². The summed E-state index contributed by atoms with van der Waals surface area (Å²) in [6.07, 6.45) is 5.72. The van der Waals surface area contributed by atoms with Gasteiger partial charge < -0.3 is 35.7 Å². The number of aromatic amines is 1. The fourth-order valence-corrected chi connectivity index (χ4v) is 5.90. The number of H-pyrrole nitrogens is 1. The summed E-state index contributed by atoms with van der Waals surface area (Å²) in [5, 5.41) is 36.6. The number of rotatable bonds is 17. The van der Waals surface area contributed by atoms with Crippen LogP contribution in [-0.2, 0) is 0 Å². The largest absolute Gasteiger partial charge is 0.506 e. The molecule has 1 aromatic heterocycles. The van der Waals surface area contributed by atoms with Gasteiger partial charge in [-0.2, -0.15) is 0 Å². The molecule has 44 heavy (non-hydrogen) atoms. The second-order valence-corrected chi connectivity index (χ2v) is 11.6. The van der Waals surface area contributed by atoms with E-state index in [4.69, 9.17) is 4.74 Å². The van der Waals surface area contributed by atoms with E-state index >= 15 is 0 Å². The number of hydrogen-bond donors (Lipinski definition) is 6. The first kappa shape index (κ1) is 33.0. The summed E-state index contributed by atoms with van der Waals surface area (Å²) >= 11 is 3.63. The molecule has 6 N–H and O–H groups in total. The van der Waals surface area contributed by atoms with Gasteiger partial charge in [0, 0.05) is 18.0 Å². The van der Waals surface area contributed by atoms with Crippen molar-refractivity contribution in [3.05, 3.63) is 104 Å². The molecule has 0 aliphatic carbocycles. The highest BCUT2D eigenvalue weighted by Crippen LogP contribution is 2.35. The molecule has 2 unspecified atom stereocenters. The maximum absolute atomic E-state index is 11.6. The lowest BCUT2D eigenvalue weighted by Crippen LogP contribution is -2.27. The van der Waals surface area contributed by atoms with E-state index in [2.05, 4.69) is 31.5 Å². The Labute approximate surface area is 265 Å². The van der Waals surface area contributed by atoms with Gasteiger partial charge in [0.25, 0.3) is 0 Å². The van der Waals surface area contributed by atoms with E-state index in [0.29, 0.717) is 35.4 Å². The Morgan fingerprint density at radius 3 is 2.34 bits per heavy atom. The van der Waals surface area contributed by atoms with Gasteiger partial charge >= 0.3 is 6.09 Å². The van der Waals surface area contributed by atoms with Gasteiger partial charge in [0.15, 0.2) is 0 Å². The molecule has 0 fully saturated rings. The molecule has 10 heteroatoms. The molecule has 4 aromatic rings. The van der Waals surface area contributed by atoms with E-state index < -0.39 is 18.2 Å². The van der Waals surface area contributed by atoms with Crippen molar-refractivity contribution in [3.63, 3.8) is 0 Å². The zero-order valence-corrected chi connectivity index (χ0v) is 26.2. The molecule has 0 aliphatic rings. The SMILES string of the molecule is O=C(O)NC(c1ccccc1)c1cccc(OCCCCCCCCCNCC(O)c2ccc(O)c3[nH]c(=O)ccc23)c1Br. The monoisotopic (exact) mass is 665 g/mol. The van der Waals surface area contributed by atoms with Crippen LogP contribution in [0.5, 0.6) is 11.5 Å². The molecule has 0 saturated carbocycles. The fourth-order valence-electron chi connectivity index (χ4n) is 5.29. The minimum Gasteiger partial charge on any atom is -0.506 e. The summed E-state index contributed by atoms with van der Waals surface area (Å²) < 4.78 is 6.79. The van der Waals surface area contributed by atoms with Crippen molar-refractivity contribution in [2.24, 2.45) is 0 Å². The number of fused-ring (bicyclic) bond motifs is 1. The highest BCUT2D eigenvalue weighted by Gasteiger charge is 2.21. The zero-order chi connectivity index (χ0) is 31.3. The number of aliphatic hydroxyl groups is 1. The maximum Gasteiger partial charge on any atom is 0.405 e. The number of ether oxygens (including phenoxy) is 1. The summed E-state index contributed by atoms with van der Waals surface area (Å²) in [7, 11) is 0. The van der Waals surface area contributed by atoms with E-state index in [9.17, 15) is 24.9 Å². The number of carboxylic acid groups (broad SMARTS) is 1. The van der Waals surface area contributed by atoms with Crippen LogP contribution in [0.1, 0.15) is 73.8 Å². The number of aromatic nitrogens is 1. The number of amides is 1. The predicted octanol–water partition coefficient (Wildman–Crippen LogP) is 6.79. The van der Waals surface area contributed by atoms with Crippen LogP contribution in [0.25, 0.3) is 10.9 Å². The van der Waals surface area contributed by atoms with Gasteiger partial charge in [-0.05, 0) is 70.2 Å². The third-order valence-corrected chi connectivity index (χ3v) is 8.41. The molecule has 234 valence electrons. The van der Waals surface area contributed by atoms with Crippen molar-refractivity contribution in [2.45, 2.75) is 57.1 Å². The van der Waals surface area contributed by atoms with Gasteiger partial charge in [-0.15, -0.1) is 0 Å². The number of halogens is 1. The van der Waals surface area contributed by atoms with Crippen molar-refractivity contribution in [1.29, 1.82) is 0 Å². The molecule has 0 bridgehead atoms. The van der Waals surface area contributed by atoms with Crippen LogP contribution < -0.4 is 20.9 Å². The number of unbranched alkanes of at least 4 members (excludes halogenated alkanes) is 6. The van der Waals surface area contributed by atoms with Crippen LogP contribution in [0.3, 0.4) is 0 Å². The van der Waals surface area contributed by atoms with Crippen molar-refractivity contribution < 1.29 is 24.9 Å². The second kappa shape index (κ2) is 16.8. The quantitative estimate of drug-likeness (QED) is 0.0682. The zero-order valence-electron chi connectivity index (χ0n) is 24.6. The Morgan fingerprint density at radius 2 is 1.59 bits per heavy atom. The Balaban J connectivity index is 1.10. The first-order chi connectivity index (χ1) is 21.3. The average Bonchev–Trinajstić information content (AvgIpc) is 3.02. The molecule has 1 amide bonds. The van der Waals surface area contributed by atoms with Gasteiger partial charge in [0.2, 0.25) is 5.56 Å². The number of aliphatic hydroxyl groups excluding tert-OH is 1. The highest BCUT2D eigenvalue weighted by molar-refractivity contribution is 9.10. The summed E-state index contributed by atoms with van der Waals surface area (Å²) in [5.41, 5.74) is 2.35. The number of aromatic hydroxyl groups is 1. The smallest absolute Gasteiger partial charge is 0.405 e. The topological polar surface area (TPSA) is 144 Å². The standard InChI is InChI=1S/C34H40BrN3O6/c35-31-26(32(38-34(42)43)23-12-7-6-8-13-23)14-11-15-29(31)44-21-10-5-3-1-2-4-9-20-36-22-28(40)24-16-18-27(39)33-25(24)17-19-30(41)37-33/h6-8,11-19,28,32,36,38-40H,1-5,9-10,20-22H2,(H,37,41)(H,42,43). The van der Waals surface area contributed by atoms with E-state index in [0.717, 1.165) is 67.1 Å². The molecule has 2 atom stereocenters. The lowest BCUT2D eigenvalue weighted by Gasteiger charge is -2.21. The minimum absolute atomic E-state index is 0.0167. The number of carbonyl (C=O) groups is 1. The Kier molecular flexibility index (Phi) is 12.6.